The van der Waals surface area contributed by atoms with Gasteiger partial charge in [0.1, 0.15) is 72.6 Å². The molecule has 4 saturated carbocycles. The van der Waals surface area contributed by atoms with E-state index >= 15 is 0 Å². The van der Waals surface area contributed by atoms with Crippen LogP contribution in [0.15, 0.2) is 170 Å². The minimum absolute atomic E-state index is 0. The highest BCUT2D eigenvalue weighted by atomic mass is 35.5. The highest BCUT2D eigenvalue weighted by Gasteiger charge is 2.47. The van der Waals surface area contributed by atoms with Crippen molar-refractivity contribution in [3.63, 3.8) is 0 Å². The van der Waals surface area contributed by atoms with Gasteiger partial charge in [-0.2, -0.15) is 13.2 Å². The fourth-order valence-electron chi connectivity index (χ4n) is 22.1. The Balaban J connectivity index is 0.000000145. The third-order valence-corrected chi connectivity index (χ3v) is 30.6. The highest BCUT2D eigenvalue weighted by molar-refractivity contribution is 6.11. The topological polar surface area (TPSA) is 297 Å². The van der Waals surface area contributed by atoms with E-state index < -0.39 is 36.3 Å². The lowest BCUT2D eigenvalue weighted by molar-refractivity contribution is -0.185. The average Bonchev–Trinajstić information content (AvgIpc) is 1.64. The number of ether oxygens (including phenoxy) is 5. The molecule has 0 radical (unpaired) electrons. The van der Waals surface area contributed by atoms with Crippen LogP contribution in [0.25, 0.3) is 0 Å². The number of likely N-dealkylation sites (tertiary alicyclic amines) is 4. The molecule has 8 aliphatic heterocycles. The fourth-order valence-corrected chi connectivity index (χ4v) is 22.1. The average molecular weight is 2030 g/mol. The number of carbonyl (C=O) groups is 12. The Kier molecular flexibility index (Phi) is 36.5. The minimum atomic E-state index is -4.11. The second-order valence-corrected chi connectivity index (χ2v) is 40.5. The van der Waals surface area contributed by atoms with E-state index in [1.807, 2.05) is 54.6 Å². The molecule has 20 rings (SSSR count). The van der Waals surface area contributed by atoms with Crippen LogP contribution in [0.2, 0.25) is 0 Å². The Labute approximate surface area is 857 Å². The van der Waals surface area contributed by atoms with E-state index in [1.165, 1.54) is 48.8 Å². The molecule has 8 aromatic carbocycles. The van der Waals surface area contributed by atoms with Crippen molar-refractivity contribution in [2.24, 2.45) is 11.8 Å². The Bertz CT molecular complexity index is 5990. The zero-order chi connectivity index (χ0) is 100. The summed E-state index contributed by atoms with van der Waals surface area (Å²) in [4.78, 5) is 164. The first-order valence-electron chi connectivity index (χ1n) is 51.1. The Morgan fingerprint density at radius 3 is 0.862 bits per heavy atom. The lowest BCUT2D eigenvalue weighted by atomic mass is 9.92. The predicted molar refractivity (Wildman–Crippen MR) is 541 cm³/mol. The quantitative estimate of drug-likeness (QED) is 0.0468. The van der Waals surface area contributed by atoms with Crippen molar-refractivity contribution in [2.75, 3.05) is 52.5 Å². The number of nitrogens with zero attached hydrogens (tertiary/aromatic N) is 8. The van der Waals surface area contributed by atoms with Crippen molar-refractivity contribution < 1.29 is 99.5 Å². The van der Waals surface area contributed by atoms with Crippen molar-refractivity contribution >= 4 is 94.7 Å². The van der Waals surface area contributed by atoms with Gasteiger partial charge in [0.25, 0.3) is 23.6 Å². The molecule has 0 aromatic heterocycles. The van der Waals surface area contributed by atoms with E-state index in [1.54, 1.807) is 62.1 Å². The lowest BCUT2D eigenvalue weighted by Gasteiger charge is -2.39. The van der Waals surface area contributed by atoms with Gasteiger partial charge in [-0.05, 0) is 223 Å². The van der Waals surface area contributed by atoms with Crippen LogP contribution in [0.3, 0.4) is 0 Å². The molecule has 12 aliphatic rings. The maximum Gasteiger partial charge on any atom is 0.391 e. The van der Waals surface area contributed by atoms with Crippen molar-refractivity contribution in [3.8, 4) is 23.0 Å². The number of aliphatic hydroxyl groups is 1. The van der Waals surface area contributed by atoms with Gasteiger partial charge in [0.2, 0.25) is 0 Å². The van der Waals surface area contributed by atoms with E-state index in [0.29, 0.717) is 180 Å². The van der Waals surface area contributed by atoms with Crippen LogP contribution in [0.5, 0.6) is 23.0 Å². The molecule has 4 amide bonds. The minimum Gasteiger partial charge on any atom is -0.489 e. The van der Waals surface area contributed by atoms with Crippen molar-refractivity contribution in [1.29, 1.82) is 0 Å². The normalized spacial score (nSPS) is 22.0. The van der Waals surface area contributed by atoms with E-state index in [2.05, 4.69) is 113 Å². The molecule has 145 heavy (non-hydrogen) atoms. The molecule has 0 spiro atoms. The number of piperidine rings is 4. The summed E-state index contributed by atoms with van der Waals surface area (Å²) in [5.74, 6) is 0.524. The SMILES string of the molecule is CCOCC1CCN(Cc2ccc(COc3cccc4c3CN(C3CCC(=O)CC3=O)C4=O)cc2)CC1.C[C@@H]1CCC[C@H](C)N1Cc1ccc(COc2cccc3c2CN(C2CCC(=O)CC2=O)C3=O)cc1.Cl.Cl.O=C1CCC(N2Cc3c(OCc4ccc(CN5CCC(C(F)(F)F)CC5)cc4)cccc3C2=O)C(=O)C1.O=C1CCC(N2Cc3c(OCc4ccc(CN5CCC(O)CC5)cc4)cccc3C2=O)C(=O)C1. The summed E-state index contributed by atoms with van der Waals surface area (Å²) in [5, 5.41) is 9.67. The molecule has 8 aromatic rings. The van der Waals surface area contributed by atoms with Crippen LogP contribution in [0, 0.1) is 11.8 Å². The molecule has 6 atom stereocenters. The molecular weight excluding hydrogens is 1900 g/mol. The number of benzene rings is 8. The number of carbonyl (C=O) groups excluding carboxylic acids is 12. The van der Waals surface area contributed by atoms with Crippen LogP contribution in [-0.4, -0.2) is 215 Å². The number of hydrogen-bond donors (Lipinski definition) is 1. The van der Waals surface area contributed by atoms with Crippen LogP contribution in [-0.2, 0) is 122 Å². The number of rotatable bonds is 27. The van der Waals surface area contributed by atoms with Gasteiger partial charge < -0.3 is 48.4 Å². The Morgan fingerprint density at radius 1 is 0.331 bits per heavy atom. The molecule has 770 valence electrons. The molecule has 1 N–H and O–H groups in total. The second-order valence-electron chi connectivity index (χ2n) is 40.5. The molecule has 8 heterocycles. The number of aliphatic hydroxyl groups excluding tert-OH is 1. The van der Waals surface area contributed by atoms with E-state index in [0.717, 1.165) is 122 Å². The molecule has 4 saturated heterocycles. The molecule has 4 unspecified atom stereocenters. The number of alkyl halides is 3. The smallest absolute Gasteiger partial charge is 0.391 e. The van der Waals surface area contributed by atoms with Crippen molar-refractivity contribution in [1.82, 2.24) is 39.2 Å². The molecule has 4 aliphatic carbocycles. The first-order chi connectivity index (χ1) is 69.1. The summed E-state index contributed by atoms with van der Waals surface area (Å²) in [6.45, 7) is 19.5. The number of halogens is 5. The fraction of sp³-hybridized carbons (Fsp3) is 0.474. The first-order valence-corrected chi connectivity index (χ1v) is 51.1. The van der Waals surface area contributed by atoms with Gasteiger partial charge in [0.15, 0.2) is 23.1 Å². The maximum absolute atomic E-state index is 13.0. The van der Waals surface area contributed by atoms with Gasteiger partial charge in [-0.1, -0.05) is 128 Å². The number of ketones is 8. The van der Waals surface area contributed by atoms with Crippen molar-refractivity contribution in [2.45, 2.75) is 283 Å². The van der Waals surface area contributed by atoms with Crippen LogP contribution >= 0.6 is 24.8 Å². The Morgan fingerprint density at radius 2 is 0.593 bits per heavy atom. The summed E-state index contributed by atoms with van der Waals surface area (Å²) < 4.78 is 68.7. The van der Waals surface area contributed by atoms with Gasteiger partial charge in [-0.15, -0.1) is 24.8 Å². The lowest BCUT2D eigenvalue weighted by Crippen LogP contribution is -2.44. The van der Waals surface area contributed by atoms with E-state index in [4.69, 9.17) is 23.7 Å². The van der Waals surface area contributed by atoms with Crippen molar-refractivity contribution in [3.05, 3.63) is 259 Å². The molecule has 0 bridgehead atoms. The van der Waals surface area contributed by atoms with E-state index in [-0.39, 0.29) is 146 Å². The van der Waals surface area contributed by atoms with Gasteiger partial charge in [0.05, 0.1) is 88.1 Å². The van der Waals surface area contributed by atoms with Crippen LogP contribution in [0.1, 0.15) is 264 Å². The summed E-state index contributed by atoms with van der Waals surface area (Å²) in [7, 11) is 0. The zero-order valence-electron chi connectivity index (χ0n) is 82.8. The molecular formula is C114H131Cl2F3N8O18. The summed E-state index contributed by atoms with van der Waals surface area (Å²) in [5.41, 5.74) is 14.5. The number of Topliss-reactive ketones (excluding diaryl/α,β-unsaturated/α-hetero) is 8. The van der Waals surface area contributed by atoms with E-state index in [9.17, 15) is 75.8 Å². The number of amides is 4. The molecule has 31 heteroatoms. The third kappa shape index (κ3) is 26.7. The molecule has 8 fully saturated rings. The molecule has 26 nitrogen and oxygen atoms in total. The second kappa shape index (κ2) is 49.2. The number of hydrogen-bond acceptors (Lipinski definition) is 22. The largest absolute Gasteiger partial charge is 0.489 e. The summed E-state index contributed by atoms with van der Waals surface area (Å²) in [6.07, 6.45) is 6.53. The monoisotopic (exact) mass is 2030 g/mol. The highest BCUT2D eigenvalue weighted by Crippen LogP contribution is 2.42. The Hall–Kier alpha value is -11.7. The van der Waals surface area contributed by atoms with Crippen LogP contribution < -0.4 is 18.9 Å². The van der Waals surface area contributed by atoms with Crippen LogP contribution in [0.4, 0.5) is 13.2 Å². The third-order valence-electron chi connectivity index (χ3n) is 30.6. The first kappa shape index (κ1) is 108. The number of fused-ring (bicyclic) bond motifs is 4. The standard InChI is InChI=1S/C30H36N2O5.C29H34N2O4.C28H29F3N2O4.C27H30N2O5.2ClH/c1-2-36-19-23-12-14-31(15-13-23)17-21-6-8-22(9-7-21)20-37-29-5-3-4-25-26(29)18-32(30(25)35)27-11-10-24(33)16-28(27)34;1-19-5-3-6-20(2)30(19)16-21-9-11-22(12-10-21)18-35-28-8-4-7-24-25(28)17-31(29(24)34)26-14-13-23(32)15-27(26)33;29-28(30,31)20-10-12-32(13-11-20)15-18-4-6-19(7-5-18)17-37-26-3-1-2-22-23(26)16-33(27(22)36)24-9-8-21(34)14-25(24)35;30-20-10-12-28(13-11-20)15-18-4-6-19(7-5-18)17-34-26-3-1-2-22-23(26)16-29(27(22)33)24-9-8-21(31)14-25(24)32;;/h3-9,23,27H,2,10-20H2,1H3;4,7-12,19-20,26H,3,5-6,13-18H2,1-2H3;1-7,20,24H,8-17H2;1-7,20,24,30H,8-17H2;2*1H/t;19-,20+,26?;;;;. The summed E-state index contributed by atoms with van der Waals surface area (Å²) >= 11 is 0. The summed E-state index contributed by atoms with van der Waals surface area (Å²) in [6, 6.07) is 54.1. The van der Waals surface area contributed by atoms with Gasteiger partial charge in [-0.25, -0.2) is 0 Å². The zero-order valence-corrected chi connectivity index (χ0v) is 84.4. The van der Waals surface area contributed by atoms with Gasteiger partial charge in [0, 0.05) is 135 Å². The predicted octanol–water partition coefficient (Wildman–Crippen LogP) is 17.2. The van der Waals surface area contributed by atoms with Gasteiger partial charge >= 0.3 is 6.18 Å². The van der Waals surface area contributed by atoms with Gasteiger partial charge in [-0.3, -0.25) is 77.1 Å². The maximum atomic E-state index is 13.0.